The number of oxazole rings is 1. The monoisotopic (exact) mass is 367 g/mol. The van der Waals surface area contributed by atoms with Crippen molar-refractivity contribution < 1.29 is 4.42 Å². The quantitative estimate of drug-likeness (QED) is 0.487. The zero-order chi connectivity index (χ0) is 18.5. The van der Waals surface area contributed by atoms with Gasteiger partial charge in [-0.05, 0) is 30.3 Å². The Hall–Kier alpha value is -4.20. The molecule has 2 aromatic carbocycles. The molecule has 4 aromatic heterocycles. The molecule has 0 bridgehead atoms. The van der Waals surface area contributed by atoms with Crippen molar-refractivity contribution in [3.8, 4) is 11.3 Å². The number of fused-ring (bicyclic) bond motifs is 3. The molecule has 0 saturated carbocycles. The number of aromatic amines is 1. The number of benzene rings is 2. The van der Waals surface area contributed by atoms with Crippen molar-refractivity contribution in [2.45, 2.75) is 0 Å². The predicted molar refractivity (Wildman–Crippen MR) is 105 cm³/mol. The minimum atomic E-state index is 0.666. The van der Waals surface area contributed by atoms with E-state index in [-0.39, 0.29) is 0 Å². The van der Waals surface area contributed by atoms with E-state index in [1.807, 2.05) is 53.2 Å². The lowest BCUT2D eigenvalue weighted by atomic mass is 10.1. The summed E-state index contributed by atoms with van der Waals surface area (Å²) in [5.41, 5.74) is 6.80. The molecule has 28 heavy (non-hydrogen) atoms. The highest BCUT2D eigenvalue weighted by molar-refractivity contribution is 5.83. The number of rotatable bonds is 3. The average Bonchev–Trinajstić information content (AvgIpc) is 3.46. The minimum Gasteiger partial charge on any atom is -0.443 e. The van der Waals surface area contributed by atoms with Gasteiger partial charge in [0.2, 0.25) is 0 Å². The van der Waals surface area contributed by atoms with Gasteiger partial charge in [0.05, 0.1) is 23.1 Å². The molecule has 8 heteroatoms. The molecule has 8 nitrogen and oxygen atoms in total. The maximum absolute atomic E-state index is 5.43. The Labute approximate surface area is 157 Å². The van der Waals surface area contributed by atoms with Gasteiger partial charge in [-0.15, -0.1) is 0 Å². The van der Waals surface area contributed by atoms with Gasteiger partial charge in [0.25, 0.3) is 0 Å². The van der Waals surface area contributed by atoms with Crippen LogP contribution in [0, 0.1) is 0 Å². The summed E-state index contributed by atoms with van der Waals surface area (Å²) >= 11 is 0. The first-order chi connectivity index (χ1) is 13.8. The summed E-state index contributed by atoms with van der Waals surface area (Å²) in [6, 6.07) is 11.8. The summed E-state index contributed by atoms with van der Waals surface area (Å²) in [5, 5.41) is 3.38. The normalized spacial score (nSPS) is 11.6. The fraction of sp³-hybridized carbons (Fsp3) is 0. The largest absolute Gasteiger partial charge is 0.443 e. The maximum atomic E-state index is 5.43. The van der Waals surface area contributed by atoms with Gasteiger partial charge in [-0.25, -0.2) is 19.9 Å². The Kier molecular flexibility index (Phi) is 3.01. The van der Waals surface area contributed by atoms with Crippen molar-refractivity contribution in [3.63, 3.8) is 0 Å². The summed E-state index contributed by atoms with van der Waals surface area (Å²) in [4.78, 5) is 20.8. The number of hydrogen-bond donors (Lipinski definition) is 2. The third-order valence-corrected chi connectivity index (χ3v) is 4.68. The smallest absolute Gasteiger partial charge is 0.181 e. The highest BCUT2D eigenvalue weighted by Crippen LogP contribution is 2.27. The number of aromatic nitrogens is 6. The molecule has 0 fully saturated rings. The third kappa shape index (κ3) is 2.32. The minimum absolute atomic E-state index is 0.666. The van der Waals surface area contributed by atoms with Crippen LogP contribution in [0.15, 0.2) is 72.1 Å². The molecular weight excluding hydrogens is 354 g/mol. The van der Waals surface area contributed by atoms with Gasteiger partial charge < -0.3 is 19.1 Å². The van der Waals surface area contributed by atoms with Crippen molar-refractivity contribution in [1.29, 1.82) is 0 Å². The lowest BCUT2D eigenvalue weighted by Crippen LogP contribution is -2.00. The molecule has 6 aromatic rings. The Bertz CT molecular complexity index is 1460. The highest BCUT2D eigenvalue weighted by atomic mass is 16.3. The second-order valence-corrected chi connectivity index (χ2v) is 6.43. The molecule has 0 atom stereocenters. The molecular formula is C20H13N7O. The van der Waals surface area contributed by atoms with Crippen LogP contribution >= 0.6 is 0 Å². The summed E-state index contributed by atoms with van der Waals surface area (Å²) in [6.07, 6.45) is 8.73. The molecule has 0 amide bonds. The molecule has 6 rings (SSSR count). The summed E-state index contributed by atoms with van der Waals surface area (Å²) in [5.74, 6) is 0.666. The van der Waals surface area contributed by atoms with E-state index in [1.54, 1.807) is 12.5 Å². The van der Waals surface area contributed by atoms with Crippen molar-refractivity contribution >= 4 is 39.3 Å². The molecule has 0 aliphatic carbocycles. The van der Waals surface area contributed by atoms with Crippen molar-refractivity contribution in [3.05, 3.63) is 67.7 Å². The first kappa shape index (κ1) is 14.9. The van der Waals surface area contributed by atoms with E-state index >= 15 is 0 Å². The van der Waals surface area contributed by atoms with Gasteiger partial charge in [-0.3, -0.25) is 0 Å². The van der Waals surface area contributed by atoms with Crippen LogP contribution in [0.25, 0.3) is 39.0 Å². The van der Waals surface area contributed by atoms with E-state index in [4.69, 9.17) is 9.40 Å². The summed E-state index contributed by atoms with van der Waals surface area (Å²) in [6.45, 7) is 0. The van der Waals surface area contributed by atoms with Crippen LogP contribution in [0.3, 0.4) is 0 Å². The lowest BCUT2D eigenvalue weighted by molar-refractivity contribution is 0.602. The molecule has 0 spiro atoms. The van der Waals surface area contributed by atoms with Crippen LogP contribution in [0.4, 0.5) is 11.5 Å². The van der Waals surface area contributed by atoms with Crippen LogP contribution in [-0.2, 0) is 0 Å². The highest BCUT2D eigenvalue weighted by Gasteiger charge is 2.11. The average molecular weight is 367 g/mol. The van der Waals surface area contributed by atoms with E-state index < -0.39 is 0 Å². The molecule has 4 heterocycles. The van der Waals surface area contributed by atoms with Crippen molar-refractivity contribution in [2.24, 2.45) is 0 Å². The van der Waals surface area contributed by atoms with Gasteiger partial charge in [0, 0.05) is 29.8 Å². The van der Waals surface area contributed by atoms with Gasteiger partial charge in [-0.1, -0.05) is 6.07 Å². The summed E-state index contributed by atoms with van der Waals surface area (Å²) < 4.78 is 7.38. The number of imidazole rings is 2. The number of nitrogens with zero attached hydrogens (tertiary/aromatic N) is 5. The third-order valence-electron chi connectivity index (χ3n) is 4.68. The van der Waals surface area contributed by atoms with Crippen LogP contribution in [-0.4, -0.2) is 29.3 Å². The first-order valence-corrected chi connectivity index (χ1v) is 8.71. The zero-order valence-corrected chi connectivity index (χ0v) is 14.5. The molecule has 0 aliphatic rings. The Morgan fingerprint density at radius 2 is 1.96 bits per heavy atom. The van der Waals surface area contributed by atoms with Gasteiger partial charge in [0.1, 0.15) is 5.52 Å². The maximum Gasteiger partial charge on any atom is 0.181 e. The van der Waals surface area contributed by atoms with E-state index in [2.05, 4.69) is 25.3 Å². The topological polar surface area (TPSA) is 96.9 Å². The van der Waals surface area contributed by atoms with E-state index in [0.29, 0.717) is 5.82 Å². The molecule has 0 aliphatic heterocycles. The summed E-state index contributed by atoms with van der Waals surface area (Å²) in [7, 11) is 0. The molecule has 0 radical (unpaired) electrons. The SMILES string of the molecule is c1cn2cc(-c3ccc4ncoc4c3)nc(Nc3ccc4nc[nH]c4c3)c2n1. The van der Waals surface area contributed by atoms with E-state index in [9.17, 15) is 0 Å². The standard InChI is InChI=1S/C20H13N7O/c1-3-15-18(28-11-24-15)7-12(1)17-9-27-6-5-21-20(27)19(26-17)25-13-2-4-14-16(8-13)23-10-22-14/h1-11H,(H,22,23)(H,25,26). The van der Waals surface area contributed by atoms with Crippen LogP contribution < -0.4 is 5.32 Å². The zero-order valence-electron chi connectivity index (χ0n) is 14.5. The van der Waals surface area contributed by atoms with E-state index in [1.165, 1.54) is 6.39 Å². The van der Waals surface area contributed by atoms with Gasteiger partial charge in [0.15, 0.2) is 23.4 Å². The van der Waals surface area contributed by atoms with Crippen LogP contribution in [0.1, 0.15) is 0 Å². The van der Waals surface area contributed by atoms with Crippen LogP contribution in [0.5, 0.6) is 0 Å². The number of hydrogen-bond acceptors (Lipinski definition) is 6. The van der Waals surface area contributed by atoms with Crippen LogP contribution in [0.2, 0.25) is 0 Å². The van der Waals surface area contributed by atoms with Gasteiger partial charge in [-0.2, -0.15) is 0 Å². The fourth-order valence-corrected chi connectivity index (χ4v) is 3.32. The van der Waals surface area contributed by atoms with Crippen molar-refractivity contribution in [2.75, 3.05) is 5.32 Å². The number of anilines is 2. The van der Waals surface area contributed by atoms with Crippen molar-refractivity contribution in [1.82, 2.24) is 29.3 Å². The Balaban J connectivity index is 1.48. The number of nitrogens with one attached hydrogen (secondary N) is 2. The molecule has 134 valence electrons. The fourth-order valence-electron chi connectivity index (χ4n) is 3.32. The molecule has 2 N–H and O–H groups in total. The first-order valence-electron chi connectivity index (χ1n) is 8.71. The number of H-pyrrole nitrogens is 1. The predicted octanol–water partition coefficient (Wildman–Crippen LogP) is 4.16. The van der Waals surface area contributed by atoms with E-state index in [0.717, 1.165) is 44.7 Å². The Morgan fingerprint density at radius 1 is 1.00 bits per heavy atom. The second kappa shape index (κ2) is 5.65. The Morgan fingerprint density at radius 3 is 2.96 bits per heavy atom. The lowest BCUT2D eigenvalue weighted by Gasteiger charge is -2.10. The molecule has 0 saturated heterocycles. The van der Waals surface area contributed by atoms with Gasteiger partial charge >= 0.3 is 0 Å². The second-order valence-electron chi connectivity index (χ2n) is 6.43. The molecule has 0 unspecified atom stereocenters.